The van der Waals surface area contributed by atoms with Crippen molar-refractivity contribution in [2.24, 2.45) is 0 Å². The lowest BCUT2D eigenvalue weighted by atomic mass is 10.2. The Morgan fingerprint density at radius 2 is 2.26 bits per heavy atom. The number of benzene rings is 1. The van der Waals surface area contributed by atoms with Gasteiger partial charge >= 0.3 is 6.03 Å². The van der Waals surface area contributed by atoms with Crippen LogP contribution in [0.4, 0.5) is 10.5 Å². The summed E-state index contributed by atoms with van der Waals surface area (Å²) in [6.07, 6.45) is 0. The number of carbonyl (C=O) groups excluding carboxylic acids is 1. The van der Waals surface area contributed by atoms with E-state index in [0.717, 1.165) is 11.3 Å². The molecule has 106 valence electrons. The molecule has 0 saturated carbocycles. The van der Waals surface area contributed by atoms with Crippen LogP contribution in [0.15, 0.2) is 24.3 Å². The van der Waals surface area contributed by atoms with E-state index < -0.39 is 0 Å². The average molecular weight is 266 g/mol. The van der Waals surface area contributed by atoms with Crippen molar-refractivity contribution >= 4 is 11.7 Å². The third-order valence-corrected chi connectivity index (χ3v) is 2.90. The molecule has 0 saturated heterocycles. The number of hydrogen-bond donors (Lipinski definition) is 2. The fourth-order valence-corrected chi connectivity index (χ4v) is 1.49. The highest BCUT2D eigenvalue weighted by Gasteiger charge is 2.14. The van der Waals surface area contributed by atoms with Crippen molar-refractivity contribution in [3.05, 3.63) is 29.8 Å². The van der Waals surface area contributed by atoms with Gasteiger partial charge in [-0.1, -0.05) is 12.1 Å². The van der Waals surface area contributed by atoms with Crippen LogP contribution in [0.1, 0.15) is 19.4 Å². The number of ether oxygens (including phenoxy) is 1. The Hall–Kier alpha value is -1.59. The second-order valence-electron chi connectivity index (χ2n) is 4.41. The SMILES string of the molecule is CCOCc1cccc(NC(=O)N(C)C(C)CO)c1. The van der Waals surface area contributed by atoms with Crippen molar-refractivity contribution in [3.8, 4) is 0 Å². The topological polar surface area (TPSA) is 61.8 Å². The monoisotopic (exact) mass is 266 g/mol. The second kappa shape index (κ2) is 7.76. The molecule has 1 rings (SSSR count). The molecule has 0 fully saturated rings. The molecule has 19 heavy (non-hydrogen) atoms. The third-order valence-electron chi connectivity index (χ3n) is 2.90. The molecule has 0 bridgehead atoms. The average Bonchev–Trinajstić information content (AvgIpc) is 2.43. The number of rotatable bonds is 6. The van der Waals surface area contributed by atoms with E-state index in [4.69, 9.17) is 9.84 Å². The Labute approximate surface area is 114 Å². The Morgan fingerprint density at radius 1 is 1.53 bits per heavy atom. The highest BCUT2D eigenvalue weighted by Crippen LogP contribution is 2.12. The van der Waals surface area contributed by atoms with Gasteiger partial charge in [0.15, 0.2) is 0 Å². The highest BCUT2D eigenvalue weighted by atomic mass is 16.5. The summed E-state index contributed by atoms with van der Waals surface area (Å²) in [5.74, 6) is 0. The minimum absolute atomic E-state index is 0.0612. The van der Waals surface area contributed by atoms with E-state index in [1.165, 1.54) is 4.90 Å². The summed E-state index contributed by atoms with van der Waals surface area (Å²) in [6, 6.07) is 7.07. The number of carbonyl (C=O) groups is 1. The number of likely N-dealkylation sites (N-methyl/N-ethyl adjacent to an activating group) is 1. The minimum atomic E-state index is -0.241. The van der Waals surface area contributed by atoms with Gasteiger partial charge in [0.2, 0.25) is 0 Å². The van der Waals surface area contributed by atoms with Crippen molar-refractivity contribution in [1.29, 1.82) is 0 Å². The molecule has 5 heteroatoms. The van der Waals surface area contributed by atoms with Crippen LogP contribution >= 0.6 is 0 Å². The van der Waals surface area contributed by atoms with Gasteiger partial charge in [0.1, 0.15) is 0 Å². The number of hydrogen-bond acceptors (Lipinski definition) is 3. The normalized spacial score (nSPS) is 12.0. The molecule has 2 amide bonds. The highest BCUT2D eigenvalue weighted by molar-refractivity contribution is 5.89. The molecule has 0 aromatic heterocycles. The Kier molecular flexibility index (Phi) is 6.32. The van der Waals surface area contributed by atoms with Crippen molar-refractivity contribution in [1.82, 2.24) is 4.90 Å². The summed E-state index contributed by atoms with van der Waals surface area (Å²) >= 11 is 0. The summed E-state index contributed by atoms with van der Waals surface area (Å²) in [7, 11) is 1.65. The maximum absolute atomic E-state index is 11.9. The van der Waals surface area contributed by atoms with Gasteiger partial charge in [-0.15, -0.1) is 0 Å². The van der Waals surface area contributed by atoms with E-state index in [1.807, 2.05) is 31.2 Å². The molecule has 1 unspecified atom stereocenters. The minimum Gasteiger partial charge on any atom is -0.394 e. The molecule has 1 aromatic rings. The zero-order valence-corrected chi connectivity index (χ0v) is 11.7. The number of anilines is 1. The lowest BCUT2D eigenvalue weighted by Gasteiger charge is -2.23. The van der Waals surface area contributed by atoms with Crippen LogP contribution in [-0.2, 0) is 11.3 Å². The van der Waals surface area contributed by atoms with Crippen LogP contribution in [0, 0.1) is 0 Å². The fraction of sp³-hybridized carbons (Fsp3) is 0.500. The first kappa shape index (κ1) is 15.5. The van der Waals surface area contributed by atoms with Gasteiger partial charge in [0, 0.05) is 19.3 Å². The van der Waals surface area contributed by atoms with Gasteiger partial charge in [0.05, 0.1) is 19.3 Å². The molecule has 5 nitrogen and oxygen atoms in total. The van der Waals surface area contributed by atoms with Crippen molar-refractivity contribution in [2.75, 3.05) is 25.6 Å². The van der Waals surface area contributed by atoms with Crippen LogP contribution < -0.4 is 5.32 Å². The summed E-state index contributed by atoms with van der Waals surface area (Å²) in [5.41, 5.74) is 1.73. The van der Waals surface area contributed by atoms with Crippen molar-refractivity contribution in [3.63, 3.8) is 0 Å². The molecular weight excluding hydrogens is 244 g/mol. The summed E-state index contributed by atoms with van der Waals surface area (Å²) in [4.78, 5) is 13.4. The maximum atomic E-state index is 11.9. The molecule has 0 aliphatic carbocycles. The molecule has 0 aliphatic rings. The smallest absolute Gasteiger partial charge is 0.321 e. The first-order valence-corrected chi connectivity index (χ1v) is 6.39. The number of urea groups is 1. The fourth-order valence-electron chi connectivity index (χ4n) is 1.49. The molecule has 1 aromatic carbocycles. The predicted molar refractivity (Wildman–Crippen MR) is 75.1 cm³/mol. The number of nitrogens with one attached hydrogen (secondary N) is 1. The number of aliphatic hydroxyl groups excluding tert-OH is 1. The van der Waals surface area contributed by atoms with Gasteiger partial charge in [-0.25, -0.2) is 4.79 Å². The quantitative estimate of drug-likeness (QED) is 0.828. The zero-order chi connectivity index (χ0) is 14.3. The lowest BCUT2D eigenvalue weighted by Crippen LogP contribution is -2.40. The number of amides is 2. The number of aliphatic hydroxyl groups is 1. The standard InChI is InChI=1S/C14H22N2O3/c1-4-19-10-12-6-5-7-13(8-12)15-14(18)16(3)11(2)9-17/h5-8,11,17H,4,9-10H2,1-3H3,(H,15,18). The lowest BCUT2D eigenvalue weighted by molar-refractivity contribution is 0.134. The summed E-state index contributed by atoms with van der Waals surface area (Å²) in [5, 5.41) is 11.8. The second-order valence-corrected chi connectivity index (χ2v) is 4.41. The largest absolute Gasteiger partial charge is 0.394 e. The zero-order valence-electron chi connectivity index (χ0n) is 11.7. The van der Waals surface area contributed by atoms with E-state index in [-0.39, 0.29) is 18.7 Å². The van der Waals surface area contributed by atoms with E-state index in [2.05, 4.69) is 5.32 Å². The third kappa shape index (κ3) is 4.89. The van der Waals surface area contributed by atoms with Crippen molar-refractivity contribution in [2.45, 2.75) is 26.5 Å². The Morgan fingerprint density at radius 3 is 2.89 bits per heavy atom. The first-order chi connectivity index (χ1) is 9.08. The molecule has 0 spiro atoms. The van der Waals surface area contributed by atoms with E-state index in [9.17, 15) is 4.79 Å². The first-order valence-electron chi connectivity index (χ1n) is 6.39. The van der Waals surface area contributed by atoms with Crippen LogP contribution in [0.3, 0.4) is 0 Å². The predicted octanol–water partition coefficient (Wildman–Crippen LogP) is 2.07. The van der Waals surface area contributed by atoms with E-state index >= 15 is 0 Å². The van der Waals surface area contributed by atoms with Crippen molar-refractivity contribution < 1.29 is 14.6 Å². The molecule has 0 heterocycles. The van der Waals surface area contributed by atoms with Gasteiger partial charge < -0.3 is 20.1 Å². The molecule has 0 radical (unpaired) electrons. The van der Waals surface area contributed by atoms with Crippen LogP contribution in [0.5, 0.6) is 0 Å². The molecule has 1 atom stereocenters. The molecule has 2 N–H and O–H groups in total. The van der Waals surface area contributed by atoms with E-state index in [0.29, 0.717) is 13.2 Å². The van der Waals surface area contributed by atoms with Crippen LogP contribution in [0.2, 0.25) is 0 Å². The molecule has 0 aliphatic heterocycles. The van der Waals surface area contributed by atoms with Gasteiger partial charge in [-0.3, -0.25) is 0 Å². The number of nitrogens with zero attached hydrogens (tertiary/aromatic N) is 1. The Balaban J connectivity index is 2.63. The molecular formula is C14H22N2O3. The summed E-state index contributed by atoms with van der Waals surface area (Å²) in [6.45, 7) is 4.85. The maximum Gasteiger partial charge on any atom is 0.321 e. The van der Waals surface area contributed by atoms with E-state index in [1.54, 1.807) is 14.0 Å². The van der Waals surface area contributed by atoms with Gasteiger partial charge in [-0.05, 0) is 31.5 Å². The summed E-state index contributed by atoms with van der Waals surface area (Å²) < 4.78 is 5.33. The van der Waals surface area contributed by atoms with Gasteiger partial charge in [-0.2, -0.15) is 0 Å². The Bertz CT molecular complexity index is 409. The van der Waals surface area contributed by atoms with Crippen LogP contribution in [-0.4, -0.2) is 42.3 Å². The van der Waals surface area contributed by atoms with Crippen LogP contribution in [0.25, 0.3) is 0 Å². The van der Waals surface area contributed by atoms with Gasteiger partial charge in [0.25, 0.3) is 0 Å².